The Morgan fingerprint density at radius 2 is 2.38 bits per heavy atom. The van der Waals surface area contributed by atoms with Gasteiger partial charge in [0.2, 0.25) is 0 Å². The van der Waals surface area contributed by atoms with E-state index >= 15 is 0 Å². The topological polar surface area (TPSA) is 81.0 Å². The van der Waals surface area contributed by atoms with Crippen LogP contribution >= 0.6 is 0 Å². The Hall–Kier alpha value is -2.18. The molecule has 2 fully saturated rings. The molecule has 21 heavy (non-hydrogen) atoms. The zero-order chi connectivity index (χ0) is 14.9. The van der Waals surface area contributed by atoms with Gasteiger partial charge in [-0.25, -0.2) is 4.79 Å². The lowest BCUT2D eigenvalue weighted by Crippen LogP contribution is -2.52. The minimum atomic E-state index is -0.597. The van der Waals surface area contributed by atoms with Crippen LogP contribution < -0.4 is 10.1 Å². The predicted octanol–water partition coefficient (Wildman–Crippen LogP) is 1.39. The van der Waals surface area contributed by atoms with Gasteiger partial charge < -0.3 is 24.1 Å². The summed E-state index contributed by atoms with van der Waals surface area (Å²) < 4.78 is 15.9. The van der Waals surface area contributed by atoms with Crippen LogP contribution in [-0.4, -0.2) is 48.7 Å². The Morgan fingerprint density at radius 1 is 1.52 bits per heavy atom. The minimum absolute atomic E-state index is 0.206. The molecule has 1 aromatic rings. The fourth-order valence-corrected chi connectivity index (χ4v) is 2.81. The van der Waals surface area contributed by atoms with E-state index in [0.29, 0.717) is 32.2 Å². The fourth-order valence-electron chi connectivity index (χ4n) is 2.81. The maximum absolute atomic E-state index is 12.5. The first kappa shape index (κ1) is 13.8. The predicted molar refractivity (Wildman–Crippen MR) is 72.2 cm³/mol. The molecule has 3 rings (SSSR count). The van der Waals surface area contributed by atoms with Crippen molar-refractivity contribution in [3.8, 4) is 5.95 Å². The Bertz CT molecular complexity index is 555. The average Bonchev–Trinajstić information content (AvgIpc) is 3.06. The number of nitrogens with zero attached hydrogens (tertiary/aromatic N) is 1. The van der Waals surface area contributed by atoms with Gasteiger partial charge in [0.25, 0.3) is 11.9 Å². The Morgan fingerprint density at radius 3 is 3.10 bits per heavy atom. The average molecular weight is 294 g/mol. The number of likely N-dealkylation sites (tertiary alicyclic amines) is 1. The van der Waals surface area contributed by atoms with Crippen LogP contribution in [-0.2, 0) is 4.74 Å². The first-order valence-electron chi connectivity index (χ1n) is 7.11. The Kier molecular flexibility index (Phi) is 3.48. The third kappa shape index (κ3) is 2.68. The van der Waals surface area contributed by atoms with E-state index in [9.17, 15) is 9.59 Å². The van der Waals surface area contributed by atoms with Crippen molar-refractivity contribution in [1.82, 2.24) is 10.2 Å². The van der Waals surface area contributed by atoms with Crippen LogP contribution in [0.3, 0.4) is 0 Å². The molecule has 1 N–H and O–H groups in total. The summed E-state index contributed by atoms with van der Waals surface area (Å²) in [6, 6.07) is 3.24. The lowest BCUT2D eigenvalue weighted by molar-refractivity contribution is -0.00616. The maximum atomic E-state index is 12.5. The number of carbonyl (C=O) groups is 2. The summed E-state index contributed by atoms with van der Waals surface area (Å²) in [5.74, 6) is 0.372. The number of piperidine rings is 1. The zero-order valence-electron chi connectivity index (χ0n) is 11.9. The van der Waals surface area contributed by atoms with Crippen molar-refractivity contribution in [3.63, 3.8) is 0 Å². The molecular weight excluding hydrogens is 276 g/mol. The molecule has 0 bridgehead atoms. The van der Waals surface area contributed by atoms with Gasteiger partial charge in [-0.2, -0.15) is 0 Å². The quantitative estimate of drug-likeness (QED) is 0.911. The van der Waals surface area contributed by atoms with Crippen LogP contribution in [0.15, 0.2) is 16.5 Å². The van der Waals surface area contributed by atoms with Crippen molar-refractivity contribution in [3.05, 3.63) is 17.9 Å². The van der Waals surface area contributed by atoms with Gasteiger partial charge >= 0.3 is 6.09 Å². The van der Waals surface area contributed by atoms with Crippen LogP contribution in [0.1, 0.15) is 30.3 Å². The number of hydrogen-bond acceptors (Lipinski definition) is 5. The van der Waals surface area contributed by atoms with E-state index in [-0.39, 0.29) is 11.7 Å². The molecule has 114 valence electrons. The molecule has 2 saturated heterocycles. The Balaban J connectivity index is 1.70. The highest BCUT2D eigenvalue weighted by Gasteiger charge is 2.45. The molecule has 1 atom stereocenters. The van der Waals surface area contributed by atoms with Crippen LogP contribution in [0.4, 0.5) is 4.79 Å². The molecule has 2 amide bonds. The first-order valence-corrected chi connectivity index (χ1v) is 7.11. The molecule has 0 aromatic carbocycles. The minimum Gasteiger partial charge on any atom is -0.465 e. The number of rotatable bonds is 3. The third-order valence-corrected chi connectivity index (χ3v) is 3.77. The van der Waals surface area contributed by atoms with Gasteiger partial charge in [-0.1, -0.05) is 0 Å². The number of furan rings is 1. The van der Waals surface area contributed by atoms with Crippen molar-refractivity contribution in [2.45, 2.75) is 25.4 Å². The van der Waals surface area contributed by atoms with Crippen LogP contribution in [0.5, 0.6) is 5.95 Å². The van der Waals surface area contributed by atoms with Gasteiger partial charge in [-0.05, 0) is 25.8 Å². The van der Waals surface area contributed by atoms with E-state index in [1.54, 1.807) is 17.0 Å². The van der Waals surface area contributed by atoms with Crippen molar-refractivity contribution in [2.24, 2.45) is 0 Å². The van der Waals surface area contributed by atoms with E-state index in [1.165, 1.54) is 0 Å². The van der Waals surface area contributed by atoms with Crippen molar-refractivity contribution in [1.29, 1.82) is 0 Å². The van der Waals surface area contributed by atoms with Gasteiger partial charge in [0.1, 0.15) is 5.60 Å². The zero-order valence-corrected chi connectivity index (χ0v) is 11.9. The normalized spacial score (nSPS) is 24.8. The third-order valence-electron chi connectivity index (χ3n) is 3.77. The highest BCUT2D eigenvalue weighted by Crippen LogP contribution is 2.29. The molecule has 0 saturated carbocycles. The number of amides is 2. The second kappa shape index (κ2) is 5.31. The first-order chi connectivity index (χ1) is 10.1. The van der Waals surface area contributed by atoms with Crippen molar-refractivity contribution in [2.75, 3.05) is 26.2 Å². The largest absolute Gasteiger partial charge is 0.465 e. The molecule has 0 unspecified atom stereocenters. The number of alkyl carbamates (subject to hydrolysis) is 1. The number of carbonyl (C=O) groups excluding carboxylic acids is 2. The standard InChI is InChI=1S/C14H18N2O5/c1-2-19-11-5-4-10(20-11)12(17)16-7-3-6-14(9-16)8-15-13(18)21-14/h4-5H,2-3,6-9H2,1H3,(H,15,18)/t14-/m1/s1. The van der Waals surface area contributed by atoms with Gasteiger partial charge in [0.05, 0.1) is 19.7 Å². The molecule has 3 heterocycles. The summed E-state index contributed by atoms with van der Waals surface area (Å²) in [6.45, 7) is 3.78. The second-order valence-electron chi connectivity index (χ2n) is 5.31. The fraction of sp³-hybridized carbons (Fsp3) is 0.571. The van der Waals surface area contributed by atoms with E-state index in [4.69, 9.17) is 13.9 Å². The van der Waals surface area contributed by atoms with E-state index in [0.717, 1.165) is 12.8 Å². The monoisotopic (exact) mass is 294 g/mol. The Labute approximate surface area is 122 Å². The van der Waals surface area contributed by atoms with Crippen LogP contribution in [0, 0.1) is 0 Å². The molecule has 0 aliphatic carbocycles. The van der Waals surface area contributed by atoms with Crippen LogP contribution in [0.2, 0.25) is 0 Å². The number of hydrogen-bond donors (Lipinski definition) is 1. The van der Waals surface area contributed by atoms with Crippen LogP contribution in [0.25, 0.3) is 0 Å². The summed E-state index contributed by atoms with van der Waals surface area (Å²) in [7, 11) is 0. The lowest BCUT2D eigenvalue weighted by Gasteiger charge is -2.37. The SMILES string of the molecule is CCOc1ccc(C(=O)N2CCC[C@@]3(CNC(=O)O3)C2)o1. The molecule has 2 aliphatic heterocycles. The molecule has 2 aliphatic rings. The van der Waals surface area contributed by atoms with Crippen molar-refractivity contribution < 1.29 is 23.5 Å². The summed E-state index contributed by atoms with van der Waals surface area (Å²) in [5.41, 5.74) is -0.597. The summed E-state index contributed by atoms with van der Waals surface area (Å²) in [5, 5.41) is 2.66. The molecular formula is C14H18N2O5. The van der Waals surface area contributed by atoms with Gasteiger partial charge in [0, 0.05) is 12.6 Å². The van der Waals surface area contributed by atoms with E-state index < -0.39 is 11.7 Å². The summed E-state index contributed by atoms with van der Waals surface area (Å²) in [4.78, 5) is 25.4. The lowest BCUT2D eigenvalue weighted by atomic mass is 9.93. The second-order valence-corrected chi connectivity index (χ2v) is 5.31. The highest BCUT2D eigenvalue weighted by molar-refractivity contribution is 5.91. The number of ether oxygens (including phenoxy) is 2. The van der Waals surface area contributed by atoms with Gasteiger partial charge in [-0.3, -0.25) is 4.79 Å². The molecule has 7 heteroatoms. The van der Waals surface area contributed by atoms with E-state index in [1.807, 2.05) is 6.92 Å². The number of nitrogens with one attached hydrogen (secondary N) is 1. The molecule has 7 nitrogen and oxygen atoms in total. The van der Waals surface area contributed by atoms with E-state index in [2.05, 4.69) is 5.32 Å². The summed E-state index contributed by atoms with van der Waals surface area (Å²) >= 11 is 0. The smallest absolute Gasteiger partial charge is 0.407 e. The maximum Gasteiger partial charge on any atom is 0.407 e. The van der Waals surface area contributed by atoms with Gasteiger partial charge in [0.15, 0.2) is 5.76 Å². The highest BCUT2D eigenvalue weighted by atomic mass is 16.6. The van der Waals surface area contributed by atoms with Crippen molar-refractivity contribution >= 4 is 12.0 Å². The van der Waals surface area contributed by atoms with Gasteiger partial charge in [-0.15, -0.1) is 0 Å². The molecule has 1 spiro atoms. The molecule has 0 radical (unpaired) electrons. The molecule has 1 aromatic heterocycles. The summed E-state index contributed by atoms with van der Waals surface area (Å²) in [6.07, 6.45) is 1.14.